The van der Waals surface area contributed by atoms with Crippen LogP contribution in [0.15, 0.2) is 18.2 Å². The molecule has 1 saturated heterocycles. The van der Waals surface area contributed by atoms with Crippen LogP contribution < -0.4 is 4.74 Å². The Hall–Kier alpha value is -1.39. The van der Waals surface area contributed by atoms with Crippen LogP contribution in [0.5, 0.6) is 5.75 Å². The molecule has 1 unspecified atom stereocenters. The lowest BCUT2D eigenvalue weighted by atomic mass is 9.53. The summed E-state index contributed by atoms with van der Waals surface area (Å²) in [4.78, 5) is 12.5. The number of hydrogen-bond donors (Lipinski definition) is 1. The highest BCUT2D eigenvalue weighted by Crippen LogP contribution is 2.72. The third-order valence-corrected chi connectivity index (χ3v) is 7.11. The minimum absolute atomic E-state index is 0.0106. The number of epoxide rings is 1. The third kappa shape index (κ3) is 1.39. The minimum atomic E-state index is -0.918. The fraction of sp³-hybridized carbons (Fsp3) is 0.632. The Labute approximate surface area is 135 Å². The molecule has 4 heteroatoms. The van der Waals surface area contributed by atoms with E-state index in [4.69, 9.17) is 9.47 Å². The van der Waals surface area contributed by atoms with Gasteiger partial charge in [-0.25, -0.2) is 0 Å². The summed E-state index contributed by atoms with van der Waals surface area (Å²) in [6, 6.07) is 6.07. The number of hydrogen-bond acceptors (Lipinski definition) is 4. The molecule has 2 saturated carbocycles. The highest BCUT2D eigenvalue weighted by Gasteiger charge is 2.80. The van der Waals surface area contributed by atoms with Crippen molar-refractivity contribution in [3.05, 3.63) is 29.3 Å². The Kier molecular flexibility index (Phi) is 2.42. The number of Topliss-reactive ketones (excluding diaryl/α,β-unsaturated/α-hetero) is 1. The zero-order valence-corrected chi connectivity index (χ0v) is 13.6. The molecule has 3 aliphatic carbocycles. The van der Waals surface area contributed by atoms with Crippen molar-refractivity contribution in [1.29, 1.82) is 0 Å². The first-order valence-corrected chi connectivity index (χ1v) is 8.56. The van der Waals surface area contributed by atoms with E-state index in [1.165, 1.54) is 5.56 Å². The second-order valence-corrected chi connectivity index (χ2v) is 7.93. The lowest BCUT2D eigenvalue weighted by molar-refractivity contribution is -0.151. The number of carbonyl (C=O) groups excluding carboxylic acids is 1. The molecule has 5 atom stereocenters. The molecule has 0 amide bonds. The van der Waals surface area contributed by atoms with Crippen LogP contribution in [0.25, 0.3) is 0 Å². The molecule has 1 aliphatic heterocycles. The molecule has 5 rings (SSSR count). The van der Waals surface area contributed by atoms with Gasteiger partial charge >= 0.3 is 0 Å². The number of methoxy groups -OCH3 is 1. The lowest BCUT2D eigenvalue weighted by Gasteiger charge is -2.51. The SMILES string of the molecule is COc1ccc2c(c1)CC[C@@]1(O)[C@@H]3CCC(=O)[C@@]3(C)CC3O[C@]231. The molecule has 0 bridgehead atoms. The van der Waals surface area contributed by atoms with E-state index in [1.807, 2.05) is 13.0 Å². The summed E-state index contributed by atoms with van der Waals surface area (Å²) in [6.07, 6.45) is 3.56. The van der Waals surface area contributed by atoms with Gasteiger partial charge in [-0.15, -0.1) is 0 Å². The molecule has 1 N–H and O–H groups in total. The van der Waals surface area contributed by atoms with Gasteiger partial charge in [-0.3, -0.25) is 4.79 Å². The number of aryl methyl sites for hydroxylation is 1. The van der Waals surface area contributed by atoms with Crippen LogP contribution in [0.3, 0.4) is 0 Å². The van der Waals surface area contributed by atoms with Crippen molar-refractivity contribution >= 4 is 5.78 Å². The van der Waals surface area contributed by atoms with E-state index in [2.05, 4.69) is 12.1 Å². The molecule has 0 aromatic heterocycles. The summed E-state index contributed by atoms with van der Waals surface area (Å²) in [5.74, 6) is 1.16. The van der Waals surface area contributed by atoms with Crippen LogP contribution in [0.4, 0.5) is 0 Å². The molecule has 4 nitrogen and oxygen atoms in total. The summed E-state index contributed by atoms with van der Waals surface area (Å²) >= 11 is 0. The van der Waals surface area contributed by atoms with E-state index in [-0.39, 0.29) is 12.0 Å². The zero-order valence-electron chi connectivity index (χ0n) is 13.6. The maximum absolute atomic E-state index is 12.5. The van der Waals surface area contributed by atoms with Crippen molar-refractivity contribution in [3.8, 4) is 5.75 Å². The topological polar surface area (TPSA) is 59.1 Å². The van der Waals surface area contributed by atoms with E-state index < -0.39 is 16.6 Å². The number of ether oxygens (including phenoxy) is 2. The number of rotatable bonds is 1. The van der Waals surface area contributed by atoms with E-state index >= 15 is 0 Å². The number of ketones is 1. The molecule has 0 radical (unpaired) electrons. The first-order valence-electron chi connectivity index (χ1n) is 8.56. The van der Waals surface area contributed by atoms with E-state index in [9.17, 15) is 9.90 Å². The average molecular weight is 314 g/mol. The third-order valence-electron chi connectivity index (χ3n) is 7.11. The number of aliphatic hydroxyl groups is 1. The minimum Gasteiger partial charge on any atom is -0.497 e. The molecule has 3 fully saturated rings. The predicted octanol–water partition coefficient (Wildman–Crippen LogP) is 2.36. The van der Waals surface area contributed by atoms with Gasteiger partial charge in [0, 0.05) is 17.8 Å². The van der Waals surface area contributed by atoms with Crippen molar-refractivity contribution in [1.82, 2.24) is 0 Å². The van der Waals surface area contributed by atoms with Crippen LogP contribution >= 0.6 is 0 Å². The largest absolute Gasteiger partial charge is 0.497 e. The number of benzene rings is 1. The van der Waals surface area contributed by atoms with Gasteiger partial charge in [-0.1, -0.05) is 13.0 Å². The van der Waals surface area contributed by atoms with Crippen LogP contribution in [0.1, 0.15) is 43.7 Å². The highest BCUT2D eigenvalue weighted by atomic mass is 16.6. The first kappa shape index (κ1) is 14.0. The molecule has 1 aromatic carbocycles. The van der Waals surface area contributed by atoms with E-state index in [0.717, 1.165) is 30.6 Å². The van der Waals surface area contributed by atoms with Gasteiger partial charge in [0.15, 0.2) is 0 Å². The molecule has 23 heavy (non-hydrogen) atoms. The highest BCUT2D eigenvalue weighted by molar-refractivity contribution is 5.88. The Morgan fingerprint density at radius 3 is 2.96 bits per heavy atom. The molecule has 1 aromatic rings. The Bertz CT molecular complexity index is 728. The first-order chi connectivity index (χ1) is 11.0. The van der Waals surface area contributed by atoms with Gasteiger partial charge in [0.2, 0.25) is 0 Å². The summed E-state index contributed by atoms with van der Waals surface area (Å²) in [7, 11) is 1.67. The van der Waals surface area contributed by atoms with Crippen LogP contribution in [0.2, 0.25) is 0 Å². The van der Waals surface area contributed by atoms with Crippen molar-refractivity contribution in [2.45, 2.75) is 56.3 Å². The number of carbonyl (C=O) groups is 1. The normalized spacial score (nSPS) is 46.5. The average Bonchev–Trinajstić information content (AvgIpc) is 3.18. The molecule has 1 spiro atoms. The Morgan fingerprint density at radius 2 is 2.17 bits per heavy atom. The van der Waals surface area contributed by atoms with Gasteiger partial charge in [0.25, 0.3) is 0 Å². The molecular formula is C19H22O4. The monoisotopic (exact) mass is 314 g/mol. The fourth-order valence-corrected chi connectivity index (χ4v) is 5.92. The Balaban J connectivity index is 1.66. The quantitative estimate of drug-likeness (QED) is 0.809. The number of fused-ring (bicyclic) bond motifs is 3. The van der Waals surface area contributed by atoms with E-state index in [0.29, 0.717) is 18.6 Å². The van der Waals surface area contributed by atoms with Crippen molar-refractivity contribution < 1.29 is 19.4 Å². The Morgan fingerprint density at radius 1 is 1.35 bits per heavy atom. The van der Waals surface area contributed by atoms with Gasteiger partial charge in [0.1, 0.15) is 22.7 Å². The van der Waals surface area contributed by atoms with E-state index in [1.54, 1.807) is 7.11 Å². The summed E-state index contributed by atoms with van der Waals surface area (Å²) in [5, 5.41) is 11.7. The van der Waals surface area contributed by atoms with Gasteiger partial charge in [-0.05, 0) is 48.9 Å². The molecule has 122 valence electrons. The van der Waals surface area contributed by atoms with Gasteiger partial charge < -0.3 is 14.6 Å². The smallest absolute Gasteiger partial charge is 0.149 e. The second kappa shape index (κ2) is 3.98. The zero-order chi connectivity index (χ0) is 16.0. The van der Waals surface area contributed by atoms with Crippen molar-refractivity contribution in [2.24, 2.45) is 11.3 Å². The van der Waals surface area contributed by atoms with Crippen molar-refractivity contribution in [3.63, 3.8) is 0 Å². The molecular weight excluding hydrogens is 292 g/mol. The summed E-state index contributed by atoms with van der Waals surface area (Å²) in [6.45, 7) is 2.04. The van der Waals surface area contributed by atoms with Crippen molar-refractivity contribution in [2.75, 3.05) is 7.11 Å². The van der Waals surface area contributed by atoms with Crippen LogP contribution in [-0.4, -0.2) is 29.7 Å². The molecule has 1 heterocycles. The summed E-state index contributed by atoms with van der Waals surface area (Å²) < 4.78 is 11.5. The molecule has 4 aliphatic rings. The van der Waals surface area contributed by atoms with Gasteiger partial charge in [0.05, 0.1) is 13.2 Å². The maximum atomic E-state index is 12.5. The maximum Gasteiger partial charge on any atom is 0.149 e. The fourth-order valence-electron chi connectivity index (χ4n) is 5.92. The van der Waals surface area contributed by atoms with Gasteiger partial charge in [-0.2, -0.15) is 0 Å². The predicted molar refractivity (Wildman–Crippen MR) is 83.3 cm³/mol. The van der Waals surface area contributed by atoms with Crippen LogP contribution in [-0.2, 0) is 21.6 Å². The second-order valence-electron chi connectivity index (χ2n) is 7.93. The van der Waals surface area contributed by atoms with Crippen LogP contribution in [0, 0.1) is 11.3 Å². The summed E-state index contributed by atoms with van der Waals surface area (Å²) in [5.41, 5.74) is 0.395. The standard InChI is InChI=1S/C19H22O4/c1-17-10-16-19(23-16)13-4-3-12(22-2)9-11(13)7-8-18(19,21)14(17)5-6-15(17)20/h3-4,9,14,16,21H,5-8,10H2,1-2H3/t14-,16?,17+,18-,19-/m1/s1. The lowest BCUT2D eigenvalue weighted by Crippen LogP contribution is -2.61.